The number of cyclic esters (lactones) is 1. The summed E-state index contributed by atoms with van der Waals surface area (Å²) >= 11 is 0. The second kappa shape index (κ2) is 21.4. The first-order valence-electron chi connectivity index (χ1n) is 26.6. The number of esters is 1. The van der Waals surface area contributed by atoms with Gasteiger partial charge in [-0.05, 0) is 89.6 Å². The van der Waals surface area contributed by atoms with Crippen LogP contribution >= 0.6 is 0 Å². The van der Waals surface area contributed by atoms with Crippen molar-refractivity contribution in [3.63, 3.8) is 0 Å². The topological polar surface area (TPSA) is 274 Å². The highest BCUT2D eigenvalue weighted by Crippen LogP contribution is 2.48. The van der Waals surface area contributed by atoms with E-state index in [9.17, 15) is 43.5 Å². The molecule has 0 spiro atoms. The van der Waals surface area contributed by atoms with E-state index in [1.807, 2.05) is 48.5 Å². The van der Waals surface area contributed by atoms with E-state index < -0.39 is 95.9 Å². The standard InChI is InChI=1S/C59H57FN8O12/c1-3-59(77)41-22-46-52-38(27-68(46)54(73)40(41)29-78-56(59)75)51-43(18-17-33-31(2)42(60)23-44(66-52)50(33)51)67-55(74)58(19-20-58)80-30-64-48(70)24-62-53(72)45(21-32-11-5-4-6-12-32)65-49(71)26-61-47(69)25-63-57(76)79-28-39-36-15-9-7-13-34(36)35-14-8-10-16-37(35)39/h4-16,22-23,39,43,45,77H,3,17-21,24-30H2,1-2H3,(H,61,69)(H,62,72)(H,63,76)(H,64,70)(H,65,71)(H,67,74)/t43-,45-,59-/m0/s1. The van der Waals surface area contributed by atoms with Crippen LogP contribution in [0.25, 0.3) is 33.4 Å². The number of alkyl carbamates (subject to hydrolysis) is 1. The van der Waals surface area contributed by atoms with Crippen LogP contribution in [0.5, 0.6) is 0 Å². The highest BCUT2D eigenvalue weighted by atomic mass is 19.1. The van der Waals surface area contributed by atoms with Crippen molar-refractivity contribution < 1.29 is 57.3 Å². The van der Waals surface area contributed by atoms with Crippen molar-refractivity contribution in [2.45, 2.75) is 94.7 Å². The number of benzene rings is 4. The van der Waals surface area contributed by atoms with Crippen molar-refractivity contribution in [1.82, 2.24) is 41.5 Å². The molecule has 2 aromatic heterocycles. The summed E-state index contributed by atoms with van der Waals surface area (Å²) in [5, 5.41) is 27.8. The lowest BCUT2D eigenvalue weighted by Crippen LogP contribution is -2.52. The van der Waals surface area contributed by atoms with Gasteiger partial charge in [0.05, 0.1) is 48.1 Å². The molecule has 6 aromatic rings. The number of carbonyl (C=O) groups is 7. The molecule has 6 amide bonds. The van der Waals surface area contributed by atoms with E-state index in [1.165, 1.54) is 10.6 Å². The minimum absolute atomic E-state index is 0.0448. The van der Waals surface area contributed by atoms with E-state index in [1.54, 1.807) is 50.2 Å². The molecule has 2 aliphatic heterocycles. The first kappa shape index (κ1) is 53.2. The Morgan fingerprint density at radius 2 is 1.51 bits per heavy atom. The second-order valence-electron chi connectivity index (χ2n) is 20.7. The van der Waals surface area contributed by atoms with E-state index in [0.29, 0.717) is 70.2 Å². The first-order valence-corrected chi connectivity index (χ1v) is 26.6. The number of pyridine rings is 2. The van der Waals surface area contributed by atoms with Crippen molar-refractivity contribution in [3.05, 3.63) is 157 Å². The largest absolute Gasteiger partial charge is 0.458 e. The lowest BCUT2D eigenvalue weighted by atomic mass is 9.81. The van der Waals surface area contributed by atoms with Gasteiger partial charge in [0, 0.05) is 34.9 Å². The maximum atomic E-state index is 15.5. The van der Waals surface area contributed by atoms with Crippen molar-refractivity contribution in [3.8, 4) is 22.5 Å². The molecule has 1 saturated carbocycles. The predicted molar refractivity (Wildman–Crippen MR) is 286 cm³/mol. The number of aliphatic hydroxyl groups is 1. The third-order valence-electron chi connectivity index (χ3n) is 16.0. The molecule has 412 valence electrons. The van der Waals surface area contributed by atoms with Gasteiger partial charge in [-0.2, -0.15) is 0 Å². The molecule has 7 N–H and O–H groups in total. The molecule has 4 heterocycles. The average molecular weight is 1090 g/mol. The van der Waals surface area contributed by atoms with Crippen LogP contribution < -0.4 is 37.5 Å². The summed E-state index contributed by atoms with van der Waals surface area (Å²) in [7, 11) is 0. The number of hydrogen-bond acceptors (Lipinski definition) is 13. The highest BCUT2D eigenvalue weighted by Gasteiger charge is 2.53. The van der Waals surface area contributed by atoms with Crippen LogP contribution in [0.3, 0.4) is 0 Å². The van der Waals surface area contributed by atoms with Gasteiger partial charge in [-0.3, -0.25) is 28.8 Å². The Morgan fingerprint density at radius 1 is 0.838 bits per heavy atom. The minimum atomic E-state index is -2.05. The summed E-state index contributed by atoms with van der Waals surface area (Å²) < 4.78 is 33.7. The van der Waals surface area contributed by atoms with Gasteiger partial charge in [0.1, 0.15) is 43.9 Å². The lowest BCUT2D eigenvalue weighted by Gasteiger charge is -2.31. The summed E-state index contributed by atoms with van der Waals surface area (Å²) in [5.41, 5.74) is 4.91. The van der Waals surface area contributed by atoms with Gasteiger partial charge in [-0.25, -0.2) is 19.0 Å². The Morgan fingerprint density at radius 3 is 2.23 bits per heavy atom. The zero-order chi connectivity index (χ0) is 56.0. The van der Waals surface area contributed by atoms with Crippen LogP contribution in [0, 0.1) is 12.7 Å². The number of ether oxygens (including phenoxy) is 3. The number of carbonyl (C=O) groups excluding carboxylic acids is 7. The third-order valence-corrected chi connectivity index (χ3v) is 16.0. The van der Waals surface area contributed by atoms with Gasteiger partial charge >= 0.3 is 12.1 Å². The molecule has 3 aliphatic carbocycles. The van der Waals surface area contributed by atoms with Crippen LogP contribution in [0.15, 0.2) is 95.8 Å². The van der Waals surface area contributed by atoms with E-state index >= 15 is 4.39 Å². The Hall–Kier alpha value is -8.82. The van der Waals surface area contributed by atoms with Gasteiger partial charge < -0.3 is 55.8 Å². The monoisotopic (exact) mass is 1090 g/mol. The number of fused-ring (bicyclic) bond motifs is 8. The number of nitrogens with one attached hydrogen (secondary N) is 6. The summed E-state index contributed by atoms with van der Waals surface area (Å²) in [6.45, 7) is 1.20. The average Bonchev–Trinajstić information content (AvgIpc) is 3.04. The summed E-state index contributed by atoms with van der Waals surface area (Å²) in [4.78, 5) is 111. The van der Waals surface area contributed by atoms with Gasteiger partial charge in [0.25, 0.3) is 11.5 Å². The summed E-state index contributed by atoms with van der Waals surface area (Å²) in [5.74, 6) is -4.67. The molecular formula is C59H57FN8O12. The molecule has 4 aromatic carbocycles. The zero-order valence-corrected chi connectivity index (χ0v) is 43.8. The smallest absolute Gasteiger partial charge is 0.407 e. The maximum Gasteiger partial charge on any atom is 0.407 e. The van der Waals surface area contributed by atoms with E-state index in [-0.39, 0.29) is 56.4 Å². The van der Waals surface area contributed by atoms with E-state index in [2.05, 4.69) is 31.9 Å². The third kappa shape index (κ3) is 9.91. The Kier molecular flexibility index (Phi) is 14.3. The number of aromatic nitrogens is 2. The fourth-order valence-corrected chi connectivity index (χ4v) is 11.5. The molecule has 0 bridgehead atoms. The van der Waals surface area contributed by atoms with Crippen molar-refractivity contribution in [2.75, 3.05) is 33.0 Å². The summed E-state index contributed by atoms with van der Waals surface area (Å²) in [6.07, 6.45) is 0.662. The fourth-order valence-electron chi connectivity index (χ4n) is 11.5. The number of rotatable bonds is 18. The van der Waals surface area contributed by atoms with Crippen molar-refractivity contribution in [1.29, 1.82) is 0 Å². The molecule has 1 fully saturated rings. The quantitative estimate of drug-likeness (QED) is 0.0477. The number of amides is 6. The van der Waals surface area contributed by atoms with Gasteiger partial charge in [0.15, 0.2) is 5.60 Å². The SMILES string of the molecule is CC[C@@]1(O)C(=O)OCc2c1cc1n(c2=O)Cc2c-1nc1cc(F)c(C)c3c1c2[C@@H](NC(=O)C1(OCNC(=O)CNC(=O)[C@H](Cc2ccccc2)NC(=O)CNC(=O)CNC(=O)OCC2c4ccccc4-c4ccccc42)CC1)CC3. The lowest BCUT2D eigenvalue weighted by molar-refractivity contribution is -0.172. The molecule has 11 rings (SSSR count). The Balaban J connectivity index is 0.678. The molecule has 0 unspecified atom stereocenters. The fraction of sp³-hybridized carbons (Fsp3) is 0.339. The maximum absolute atomic E-state index is 15.5. The van der Waals surface area contributed by atoms with E-state index in [0.717, 1.165) is 27.8 Å². The molecular weight excluding hydrogens is 1030 g/mol. The van der Waals surface area contributed by atoms with Crippen molar-refractivity contribution >= 4 is 52.5 Å². The zero-order valence-electron chi connectivity index (χ0n) is 43.8. The number of halogens is 1. The van der Waals surface area contributed by atoms with E-state index in [4.69, 9.17) is 19.2 Å². The predicted octanol–water partition coefficient (Wildman–Crippen LogP) is 3.75. The molecule has 80 heavy (non-hydrogen) atoms. The molecule has 0 saturated heterocycles. The molecule has 3 atom stereocenters. The number of hydrogen-bond donors (Lipinski definition) is 7. The normalized spacial score (nSPS) is 18.0. The highest BCUT2D eigenvalue weighted by molar-refractivity contribution is 5.96. The van der Waals surface area contributed by atoms with Crippen molar-refractivity contribution in [2.24, 2.45) is 0 Å². The van der Waals surface area contributed by atoms with Crippen LogP contribution in [0.4, 0.5) is 9.18 Å². The number of nitrogens with zero attached hydrogens (tertiary/aromatic N) is 2. The van der Waals surface area contributed by atoms with Crippen LogP contribution in [-0.4, -0.2) is 101 Å². The minimum Gasteiger partial charge on any atom is -0.458 e. The van der Waals surface area contributed by atoms with Crippen LogP contribution in [0.2, 0.25) is 0 Å². The first-order chi connectivity index (χ1) is 38.6. The van der Waals surface area contributed by atoms with Gasteiger partial charge in [0.2, 0.25) is 23.6 Å². The second-order valence-corrected chi connectivity index (χ2v) is 20.7. The number of aryl methyl sites for hydroxylation is 1. The molecule has 21 heteroatoms. The molecule has 20 nitrogen and oxygen atoms in total. The van der Waals surface area contributed by atoms with Gasteiger partial charge in [-0.15, -0.1) is 0 Å². The summed E-state index contributed by atoms with van der Waals surface area (Å²) in [6, 6.07) is 25.7. The molecule has 5 aliphatic rings. The van der Waals surface area contributed by atoms with Crippen LogP contribution in [-0.2, 0) is 74.6 Å². The molecule has 0 radical (unpaired) electrons. The Labute approximate surface area is 457 Å². The van der Waals surface area contributed by atoms with Gasteiger partial charge in [-0.1, -0.05) is 85.8 Å². The van der Waals surface area contributed by atoms with Crippen LogP contribution in [0.1, 0.15) is 94.6 Å². The Bertz CT molecular complexity index is 3590.